The van der Waals surface area contributed by atoms with Crippen LogP contribution in [-0.4, -0.2) is 14.5 Å². The molecule has 0 bridgehead atoms. The van der Waals surface area contributed by atoms with Crippen molar-refractivity contribution in [2.24, 2.45) is 0 Å². The summed E-state index contributed by atoms with van der Waals surface area (Å²) >= 11 is 6.27. The fourth-order valence-electron chi connectivity index (χ4n) is 2.64. The number of hydrogen-bond acceptors (Lipinski definition) is 3. The molecule has 0 fully saturated rings. The van der Waals surface area contributed by atoms with Crippen LogP contribution >= 0.6 is 11.6 Å². The maximum absolute atomic E-state index is 6.27. The van der Waals surface area contributed by atoms with Gasteiger partial charge in [-0.1, -0.05) is 17.7 Å². The molecular weight excluding hydrogens is 284 g/mol. The Bertz CT molecular complexity index is 865. The van der Waals surface area contributed by atoms with Gasteiger partial charge in [0.15, 0.2) is 5.65 Å². The molecular formula is C16H17ClN4. The summed E-state index contributed by atoms with van der Waals surface area (Å²) in [6.07, 6.45) is 0. The first-order valence-corrected chi connectivity index (χ1v) is 7.16. The van der Waals surface area contributed by atoms with E-state index in [0.29, 0.717) is 11.6 Å². The van der Waals surface area contributed by atoms with E-state index in [4.69, 9.17) is 17.3 Å². The van der Waals surface area contributed by atoms with Gasteiger partial charge in [0.05, 0.1) is 5.39 Å². The summed E-state index contributed by atoms with van der Waals surface area (Å²) in [6.45, 7) is 7.93. The second-order valence-corrected chi connectivity index (χ2v) is 5.74. The lowest BCUT2D eigenvalue weighted by Crippen LogP contribution is -2.01. The van der Waals surface area contributed by atoms with Gasteiger partial charge in [-0.25, -0.2) is 9.97 Å². The summed E-state index contributed by atoms with van der Waals surface area (Å²) in [5.74, 6) is 1.19. The largest absolute Gasteiger partial charge is 0.383 e. The molecule has 0 aliphatic rings. The van der Waals surface area contributed by atoms with Gasteiger partial charge < -0.3 is 5.73 Å². The first-order valence-electron chi connectivity index (χ1n) is 6.78. The van der Waals surface area contributed by atoms with Crippen LogP contribution in [0.1, 0.15) is 22.6 Å². The molecule has 0 saturated carbocycles. The summed E-state index contributed by atoms with van der Waals surface area (Å²) in [4.78, 5) is 8.84. The van der Waals surface area contributed by atoms with Crippen LogP contribution in [0.25, 0.3) is 16.7 Å². The average Bonchev–Trinajstić information content (AvgIpc) is 2.65. The summed E-state index contributed by atoms with van der Waals surface area (Å²) in [6, 6.07) is 6.01. The lowest BCUT2D eigenvalue weighted by Gasteiger charge is -2.10. The number of halogens is 1. The van der Waals surface area contributed by atoms with E-state index in [1.807, 2.05) is 39.0 Å². The maximum atomic E-state index is 6.27. The number of nitrogens with two attached hydrogens (primary N) is 1. The zero-order valence-corrected chi connectivity index (χ0v) is 13.3. The van der Waals surface area contributed by atoms with Gasteiger partial charge in [-0.2, -0.15) is 0 Å². The Morgan fingerprint density at radius 3 is 2.48 bits per heavy atom. The SMILES string of the molecule is Cc1nc(N)c2c(C)c(C)n(-c3ccc(C)c(Cl)c3)c2n1. The highest BCUT2D eigenvalue weighted by Gasteiger charge is 2.17. The fourth-order valence-corrected chi connectivity index (χ4v) is 2.82. The number of aryl methyl sites for hydroxylation is 3. The van der Waals surface area contributed by atoms with E-state index >= 15 is 0 Å². The second-order valence-electron chi connectivity index (χ2n) is 5.33. The van der Waals surface area contributed by atoms with Gasteiger partial charge in [0.2, 0.25) is 0 Å². The highest BCUT2D eigenvalue weighted by Crippen LogP contribution is 2.31. The highest BCUT2D eigenvalue weighted by molar-refractivity contribution is 6.31. The third kappa shape index (κ3) is 2.07. The minimum absolute atomic E-state index is 0.523. The third-order valence-corrected chi connectivity index (χ3v) is 4.32. The maximum Gasteiger partial charge on any atom is 0.150 e. The lowest BCUT2D eigenvalue weighted by atomic mass is 10.2. The van der Waals surface area contributed by atoms with Crippen molar-refractivity contribution in [3.05, 3.63) is 45.9 Å². The van der Waals surface area contributed by atoms with Gasteiger partial charge >= 0.3 is 0 Å². The third-order valence-electron chi connectivity index (χ3n) is 3.91. The number of anilines is 1. The van der Waals surface area contributed by atoms with Crippen LogP contribution in [0.5, 0.6) is 0 Å². The van der Waals surface area contributed by atoms with Crippen LogP contribution in [0, 0.1) is 27.7 Å². The van der Waals surface area contributed by atoms with Crippen molar-refractivity contribution in [1.82, 2.24) is 14.5 Å². The number of rotatable bonds is 1. The zero-order chi connectivity index (χ0) is 15.3. The smallest absolute Gasteiger partial charge is 0.150 e. The summed E-state index contributed by atoms with van der Waals surface area (Å²) in [7, 11) is 0. The van der Waals surface area contributed by atoms with E-state index in [0.717, 1.165) is 38.6 Å². The number of aromatic nitrogens is 3. The molecule has 0 radical (unpaired) electrons. The van der Waals surface area contributed by atoms with Crippen LogP contribution in [0.2, 0.25) is 5.02 Å². The lowest BCUT2D eigenvalue weighted by molar-refractivity contribution is 0.995. The molecule has 2 aromatic heterocycles. The van der Waals surface area contributed by atoms with Crippen molar-refractivity contribution in [3.63, 3.8) is 0 Å². The van der Waals surface area contributed by atoms with Crippen molar-refractivity contribution in [3.8, 4) is 5.69 Å². The molecule has 0 aliphatic carbocycles. The molecule has 2 N–H and O–H groups in total. The molecule has 4 nitrogen and oxygen atoms in total. The predicted molar refractivity (Wildman–Crippen MR) is 87.2 cm³/mol. The van der Waals surface area contributed by atoms with Crippen molar-refractivity contribution in [1.29, 1.82) is 0 Å². The van der Waals surface area contributed by atoms with E-state index in [1.54, 1.807) is 0 Å². The summed E-state index contributed by atoms with van der Waals surface area (Å²) in [5.41, 5.74) is 11.1. The Morgan fingerprint density at radius 1 is 1.10 bits per heavy atom. The van der Waals surface area contributed by atoms with Gasteiger partial charge in [-0.3, -0.25) is 4.57 Å². The molecule has 5 heteroatoms. The molecule has 0 unspecified atom stereocenters. The van der Waals surface area contributed by atoms with E-state index in [-0.39, 0.29) is 0 Å². The van der Waals surface area contributed by atoms with Crippen LogP contribution in [0.4, 0.5) is 5.82 Å². The Kier molecular flexibility index (Phi) is 3.14. The van der Waals surface area contributed by atoms with Crippen LogP contribution in [-0.2, 0) is 0 Å². The van der Waals surface area contributed by atoms with Gasteiger partial charge in [-0.05, 0) is 51.0 Å². The Morgan fingerprint density at radius 2 is 1.81 bits per heavy atom. The molecule has 1 aromatic carbocycles. The number of nitrogen functional groups attached to an aromatic ring is 1. The molecule has 3 rings (SSSR count). The molecule has 3 aromatic rings. The van der Waals surface area contributed by atoms with Crippen LogP contribution < -0.4 is 5.73 Å². The minimum atomic E-state index is 0.523. The summed E-state index contributed by atoms with van der Waals surface area (Å²) < 4.78 is 2.08. The molecule has 0 atom stereocenters. The molecule has 0 saturated heterocycles. The Hall–Kier alpha value is -2.07. The second kappa shape index (κ2) is 4.74. The number of benzene rings is 1. The van der Waals surface area contributed by atoms with Crippen LogP contribution in [0.3, 0.4) is 0 Å². The van der Waals surface area contributed by atoms with Crippen molar-refractivity contribution < 1.29 is 0 Å². The van der Waals surface area contributed by atoms with E-state index < -0.39 is 0 Å². The van der Waals surface area contributed by atoms with Crippen LogP contribution in [0.15, 0.2) is 18.2 Å². The van der Waals surface area contributed by atoms with Crippen molar-refractivity contribution >= 4 is 28.5 Å². The molecule has 0 aliphatic heterocycles. The Balaban J connectivity index is 2.42. The molecule has 0 amide bonds. The molecule has 0 spiro atoms. The fraction of sp³-hybridized carbons (Fsp3) is 0.250. The summed E-state index contributed by atoms with van der Waals surface area (Å²) in [5, 5.41) is 1.65. The highest BCUT2D eigenvalue weighted by atomic mass is 35.5. The molecule has 2 heterocycles. The first-order chi connectivity index (χ1) is 9.90. The van der Waals surface area contributed by atoms with Gasteiger partial charge in [0.25, 0.3) is 0 Å². The quantitative estimate of drug-likeness (QED) is 0.742. The first kappa shape index (κ1) is 13.9. The zero-order valence-electron chi connectivity index (χ0n) is 12.5. The average molecular weight is 301 g/mol. The normalized spacial score (nSPS) is 11.3. The van der Waals surface area contributed by atoms with E-state index in [1.165, 1.54) is 0 Å². The van der Waals surface area contributed by atoms with E-state index in [9.17, 15) is 0 Å². The van der Waals surface area contributed by atoms with Gasteiger partial charge in [-0.15, -0.1) is 0 Å². The van der Waals surface area contributed by atoms with Crippen molar-refractivity contribution in [2.75, 3.05) is 5.73 Å². The predicted octanol–water partition coefficient (Wildman–Crippen LogP) is 3.89. The van der Waals surface area contributed by atoms with Crippen molar-refractivity contribution in [2.45, 2.75) is 27.7 Å². The van der Waals surface area contributed by atoms with Gasteiger partial charge in [0.1, 0.15) is 11.6 Å². The standard InChI is InChI=1S/C16H17ClN4/c1-8-5-6-12(7-13(8)17)21-10(3)9(2)14-15(18)19-11(4)20-16(14)21/h5-7H,1-4H3,(H2,18,19,20). The van der Waals surface area contributed by atoms with E-state index in [2.05, 4.69) is 21.5 Å². The molecule has 21 heavy (non-hydrogen) atoms. The topological polar surface area (TPSA) is 56.7 Å². The van der Waals surface area contributed by atoms with Gasteiger partial charge in [0, 0.05) is 16.4 Å². The Labute approximate surface area is 128 Å². The number of nitrogens with zero attached hydrogens (tertiary/aromatic N) is 3. The monoisotopic (exact) mass is 300 g/mol. The minimum Gasteiger partial charge on any atom is -0.383 e. The number of fused-ring (bicyclic) bond motifs is 1. The number of hydrogen-bond donors (Lipinski definition) is 1. The molecule has 108 valence electrons.